The van der Waals surface area contributed by atoms with E-state index in [1.54, 1.807) is 14.2 Å². The standard InChI is InChI=1S/C10H17NO3Si/c1-12-15(13-2,14-9-8-11)10-6-4-3-5-7-10/h3-7H,8-9,11H2,1-2H3. The molecule has 1 rings (SSSR count). The minimum Gasteiger partial charge on any atom is -0.373 e. The molecular weight excluding hydrogens is 210 g/mol. The van der Waals surface area contributed by atoms with Crippen molar-refractivity contribution in [2.45, 2.75) is 0 Å². The average Bonchev–Trinajstić information content (AvgIpc) is 2.33. The summed E-state index contributed by atoms with van der Waals surface area (Å²) in [5.41, 5.74) is 5.41. The molecule has 1 aromatic rings. The molecule has 0 aliphatic carbocycles. The third-order valence-corrected chi connectivity index (χ3v) is 4.77. The lowest BCUT2D eigenvalue weighted by atomic mass is 10.4. The summed E-state index contributed by atoms with van der Waals surface area (Å²) in [6.07, 6.45) is 0. The molecule has 0 heterocycles. The molecule has 0 spiro atoms. The van der Waals surface area contributed by atoms with E-state index in [-0.39, 0.29) is 0 Å². The minimum absolute atomic E-state index is 0.433. The molecule has 0 fully saturated rings. The fourth-order valence-electron chi connectivity index (χ4n) is 1.36. The van der Waals surface area contributed by atoms with Crippen molar-refractivity contribution in [3.05, 3.63) is 30.3 Å². The van der Waals surface area contributed by atoms with Gasteiger partial charge in [0.1, 0.15) is 0 Å². The summed E-state index contributed by atoms with van der Waals surface area (Å²) in [6.45, 7) is 0.886. The molecule has 0 radical (unpaired) electrons. The summed E-state index contributed by atoms with van der Waals surface area (Å²) in [7, 11) is 0.472. The monoisotopic (exact) mass is 227 g/mol. The quantitative estimate of drug-likeness (QED) is 0.700. The Morgan fingerprint density at radius 3 is 2.20 bits per heavy atom. The lowest BCUT2D eigenvalue weighted by Gasteiger charge is -2.26. The first kappa shape index (κ1) is 12.3. The van der Waals surface area contributed by atoms with Gasteiger partial charge in [-0.25, -0.2) is 0 Å². The highest BCUT2D eigenvalue weighted by Gasteiger charge is 2.41. The van der Waals surface area contributed by atoms with Crippen LogP contribution in [0.3, 0.4) is 0 Å². The largest absolute Gasteiger partial charge is 0.536 e. The number of benzene rings is 1. The van der Waals surface area contributed by atoms with Gasteiger partial charge in [-0.1, -0.05) is 30.3 Å². The Morgan fingerprint density at radius 1 is 1.13 bits per heavy atom. The van der Waals surface area contributed by atoms with Crippen molar-refractivity contribution in [1.29, 1.82) is 0 Å². The Balaban J connectivity index is 2.89. The van der Waals surface area contributed by atoms with Gasteiger partial charge in [0, 0.05) is 26.0 Å². The van der Waals surface area contributed by atoms with E-state index in [1.165, 1.54) is 0 Å². The lowest BCUT2D eigenvalue weighted by molar-refractivity contribution is 0.117. The van der Waals surface area contributed by atoms with E-state index in [1.807, 2.05) is 30.3 Å². The maximum absolute atomic E-state index is 5.63. The van der Waals surface area contributed by atoms with E-state index in [4.69, 9.17) is 19.0 Å². The molecule has 0 aromatic heterocycles. The van der Waals surface area contributed by atoms with Crippen LogP contribution in [-0.2, 0) is 13.3 Å². The molecule has 84 valence electrons. The SMILES string of the molecule is CO[Si](OC)(OCCN)c1ccccc1. The zero-order chi connectivity index (χ0) is 11.1. The van der Waals surface area contributed by atoms with Gasteiger partial charge in [0.05, 0.1) is 6.61 Å². The number of hydrogen-bond donors (Lipinski definition) is 1. The van der Waals surface area contributed by atoms with E-state index in [0.29, 0.717) is 13.2 Å². The molecule has 0 aliphatic rings. The highest BCUT2D eigenvalue weighted by atomic mass is 28.4. The van der Waals surface area contributed by atoms with Gasteiger partial charge in [-0.15, -0.1) is 0 Å². The molecule has 5 heteroatoms. The van der Waals surface area contributed by atoms with Crippen LogP contribution in [0, 0.1) is 0 Å². The molecular formula is C10H17NO3Si. The number of hydrogen-bond acceptors (Lipinski definition) is 4. The molecule has 0 amide bonds. The van der Waals surface area contributed by atoms with Crippen LogP contribution in [-0.4, -0.2) is 36.2 Å². The van der Waals surface area contributed by atoms with Gasteiger partial charge >= 0.3 is 8.80 Å². The van der Waals surface area contributed by atoms with Gasteiger partial charge < -0.3 is 19.0 Å². The topological polar surface area (TPSA) is 53.7 Å². The Morgan fingerprint density at radius 2 is 1.73 bits per heavy atom. The van der Waals surface area contributed by atoms with Crippen molar-refractivity contribution < 1.29 is 13.3 Å². The van der Waals surface area contributed by atoms with Crippen molar-refractivity contribution in [3.8, 4) is 0 Å². The fraction of sp³-hybridized carbons (Fsp3) is 0.400. The van der Waals surface area contributed by atoms with Gasteiger partial charge in [0.15, 0.2) is 0 Å². The number of rotatable bonds is 6. The Kier molecular flexibility index (Phi) is 4.93. The van der Waals surface area contributed by atoms with Gasteiger partial charge in [0.2, 0.25) is 0 Å². The maximum atomic E-state index is 5.63. The summed E-state index contributed by atoms with van der Waals surface area (Å²) in [6, 6.07) is 9.68. The third-order valence-electron chi connectivity index (χ3n) is 2.07. The zero-order valence-corrected chi connectivity index (χ0v) is 10.1. The van der Waals surface area contributed by atoms with Crippen molar-refractivity contribution in [2.75, 3.05) is 27.4 Å². The predicted molar refractivity (Wildman–Crippen MR) is 60.9 cm³/mol. The van der Waals surface area contributed by atoms with Crippen LogP contribution < -0.4 is 10.9 Å². The third kappa shape index (κ3) is 2.86. The molecule has 0 bridgehead atoms. The first-order valence-electron chi connectivity index (χ1n) is 4.79. The smallest absolute Gasteiger partial charge is 0.373 e. The first-order chi connectivity index (χ1) is 7.29. The van der Waals surface area contributed by atoms with Crippen LogP contribution in [0.15, 0.2) is 30.3 Å². The van der Waals surface area contributed by atoms with Crippen LogP contribution in [0.4, 0.5) is 0 Å². The van der Waals surface area contributed by atoms with E-state index < -0.39 is 8.80 Å². The summed E-state index contributed by atoms with van der Waals surface area (Å²) in [5.74, 6) is 0. The molecule has 0 saturated carbocycles. The highest BCUT2D eigenvalue weighted by Crippen LogP contribution is 2.07. The van der Waals surface area contributed by atoms with Gasteiger partial charge in [-0.2, -0.15) is 0 Å². The van der Waals surface area contributed by atoms with E-state index in [9.17, 15) is 0 Å². The normalized spacial score (nSPS) is 11.7. The minimum atomic E-state index is -2.72. The highest BCUT2D eigenvalue weighted by molar-refractivity contribution is 6.75. The van der Waals surface area contributed by atoms with Crippen molar-refractivity contribution in [3.63, 3.8) is 0 Å². The first-order valence-corrected chi connectivity index (χ1v) is 6.51. The second kappa shape index (κ2) is 5.99. The average molecular weight is 227 g/mol. The summed E-state index contributed by atoms with van der Waals surface area (Å²) in [4.78, 5) is 0. The number of nitrogens with two attached hydrogens (primary N) is 1. The molecule has 4 nitrogen and oxygen atoms in total. The molecule has 0 aliphatic heterocycles. The van der Waals surface area contributed by atoms with Crippen molar-refractivity contribution in [1.82, 2.24) is 0 Å². The van der Waals surface area contributed by atoms with Crippen LogP contribution in [0.5, 0.6) is 0 Å². The molecule has 2 N–H and O–H groups in total. The van der Waals surface area contributed by atoms with Crippen LogP contribution in [0.25, 0.3) is 0 Å². The predicted octanol–water partition coefficient (Wildman–Crippen LogP) is 0.101. The van der Waals surface area contributed by atoms with E-state index in [0.717, 1.165) is 5.19 Å². The Bertz CT molecular complexity index is 277. The fourth-order valence-corrected chi connectivity index (χ4v) is 3.38. The summed E-state index contributed by atoms with van der Waals surface area (Å²) in [5, 5.41) is 0.948. The van der Waals surface area contributed by atoms with Crippen molar-refractivity contribution >= 4 is 14.0 Å². The zero-order valence-electron chi connectivity index (χ0n) is 9.10. The lowest BCUT2D eigenvalue weighted by Crippen LogP contribution is -2.55. The molecule has 1 aromatic carbocycles. The summed E-state index contributed by atoms with van der Waals surface area (Å²) >= 11 is 0. The second-order valence-corrected chi connectivity index (χ2v) is 5.76. The van der Waals surface area contributed by atoms with E-state index >= 15 is 0 Å². The van der Waals surface area contributed by atoms with Gasteiger partial charge in [-0.3, -0.25) is 0 Å². The summed E-state index contributed by atoms with van der Waals surface area (Å²) < 4.78 is 16.5. The van der Waals surface area contributed by atoms with Gasteiger partial charge in [0.25, 0.3) is 0 Å². The Hall–Kier alpha value is -0.723. The maximum Gasteiger partial charge on any atom is 0.536 e. The van der Waals surface area contributed by atoms with Gasteiger partial charge in [-0.05, 0) is 0 Å². The van der Waals surface area contributed by atoms with Crippen LogP contribution in [0.2, 0.25) is 0 Å². The second-order valence-electron chi connectivity index (χ2n) is 2.97. The molecule has 0 saturated heterocycles. The van der Waals surface area contributed by atoms with E-state index in [2.05, 4.69) is 0 Å². The molecule has 15 heavy (non-hydrogen) atoms. The van der Waals surface area contributed by atoms with Crippen LogP contribution in [0.1, 0.15) is 0 Å². The Labute approximate surface area is 91.3 Å². The van der Waals surface area contributed by atoms with Crippen molar-refractivity contribution in [2.24, 2.45) is 5.73 Å². The molecule has 0 atom stereocenters. The van der Waals surface area contributed by atoms with Crippen LogP contribution >= 0.6 is 0 Å². The molecule has 0 unspecified atom stereocenters.